The van der Waals surface area contributed by atoms with Crippen molar-refractivity contribution < 1.29 is 23.3 Å². The minimum Gasteiger partial charge on any atom is -0.466 e. The van der Waals surface area contributed by atoms with Gasteiger partial charge >= 0.3 is 7.82 Å². The summed E-state index contributed by atoms with van der Waals surface area (Å²) < 4.78 is 21.1. The third-order valence-corrected chi connectivity index (χ3v) is 4.92. The van der Waals surface area contributed by atoms with Crippen molar-refractivity contribution in [3.05, 3.63) is 59.5 Å². The van der Waals surface area contributed by atoms with Crippen LogP contribution in [0.1, 0.15) is 49.7 Å². The average molecular weight is 395 g/mol. The van der Waals surface area contributed by atoms with Gasteiger partial charge in [0.1, 0.15) is 11.5 Å². The fourth-order valence-electron chi connectivity index (χ4n) is 2.85. The molecule has 27 heavy (non-hydrogen) atoms. The van der Waals surface area contributed by atoms with E-state index in [9.17, 15) is 4.57 Å². The highest BCUT2D eigenvalue weighted by atomic mass is 31.2. The Morgan fingerprint density at radius 1 is 1.00 bits per heavy atom. The first-order chi connectivity index (χ1) is 12.7. The van der Waals surface area contributed by atoms with Gasteiger partial charge in [-0.05, 0) is 50.3 Å². The number of furan rings is 1. The predicted octanol–water partition coefficient (Wildman–Crippen LogP) is 3.99. The van der Waals surface area contributed by atoms with E-state index in [2.05, 4.69) is 28.8 Å². The van der Waals surface area contributed by atoms with Gasteiger partial charge in [0.05, 0.1) is 6.61 Å². The fraction of sp³-hybridized carbons (Fsp3) is 0.500. The van der Waals surface area contributed by atoms with E-state index in [-0.39, 0.29) is 6.61 Å². The van der Waals surface area contributed by atoms with E-state index >= 15 is 0 Å². The minimum atomic E-state index is -4.50. The molecule has 0 fully saturated rings. The molecule has 0 radical (unpaired) electrons. The van der Waals surface area contributed by atoms with Gasteiger partial charge in [0.25, 0.3) is 0 Å². The molecule has 0 aliphatic carbocycles. The zero-order valence-electron chi connectivity index (χ0n) is 15.8. The highest BCUT2D eigenvalue weighted by Crippen LogP contribution is 2.36. The third-order valence-electron chi connectivity index (χ3n) is 4.45. The molecule has 0 spiro atoms. The predicted molar refractivity (Wildman–Crippen MR) is 105 cm³/mol. The van der Waals surface area contributed by atoms with Crippen LogP contribution in [0, 0.1) is 0 Å². The van der Waals surface area contributed by atoms with E-state index in [4.69, 9.17) is 19.9 Å². The van der Waals surface area contributed by atoms with Gasteiger partial charge in [-0.3, -0.25) is 4.52 Å². The Morgan fingerprint density at radius 2 is 1.63 bits per heavy atom. The molecule has 4 N–H and O–H groups in total. The summed E-state index contributed by atoms with van der Waals surface area (Å²) in [6.07, 6.45) is 6.55. The van der Waals surface area contributed by atoms with E-state index in [1.807, 2.05) is 18.2 Å². The number of aryl methyl sites for hydroxylation is 3. The van der Waals surface area contributed by atoms with Crippen molar-refractivity contribution >= 4 is 7.82 Å². The Morgan fingerprint density at radius 3 is 2.30 bits per heavy atom. The van der Waals surface area contributed by atoms with Gasteiger partial charge < -0.3 is 19.9 Å². The minimum absolute atomic E-state index is 0.202. The van der Waals surface area contributed by atoms with Crippen molar-refractivity contribution in [2.45, 2.75) is 57.4 Å². The SMILES string of the molecule is CC(N)(CCc1ccc(CCCCCc2ccccc2)o1)COP(=O)(O)O. The summed E-state index contributed by atoms with van der Waals surface area (Å²) in [4.78, 5) is 17.5. The lowest BCUT2D eigenvalue weighted by Crippen LogP contribution is -2.41. The van der Waals surface area contributed by atoms with Crippen LogP contribution in [-0.4, -0.2) is 21.9 Å². The van der Waals surface area contributed by atoms with Crippen LogP contribution in [0.5, 0.6) is 0 Å². The van der Waals surface area contributed by atoms with Crippen molar-refractivity contribution in [2.75, 3.05) is 6.61 Å². The van der Waals surface area contributed by atoms with Gasteiger partial charge in [-0.25, -0.2) is 4.57 Å². The summed E-state index contributed by atoms with van der Waals surface area (Å²) in [7, 11) is -4.50. The Labute approximate surface area is 161 Å². The highest BCUT2D eigenvalue weighted by Gasteiger charge is 2.24. The topological polar surface area (TPSA) is 106 Å². The Hall–Kier alpha value is -1.43. The number of benzene rings is 1. The maximum atomic E-state index is 10.8. The molecule has 0 saturated heterocycles. The summed E-state index contributed by atoms with van der Waals surface area (Å²) in [5, 5.41) is 0. The quantitative estimate of drug-likeness (QED) is 0.371. The molecule has 0 aliphatic rings. The van der Waals surface area contributed by atoms with E-state index in [1.165, 1.54) is 12.0 Å². The van der Waals surface area contributed by atoms with Gasteiger partial charge in [0.2, 0.25) is 0 Å². The van der Waals surface area contributed by atoms with Crippen molar-refractivity contribution in [3.8, 4) is 0 Å². The van der Waals surface area contributed by atoms with Gasteiger partial charge in [-0.1, -0.05) is 36.8 Å². The molecule has 0 bridgehead atoms. The molecule has 0 aliphatic heterocycles. The fourth-order valence-corrected chi connectivity index (χ4v) is 3.32. The summed E-state index contributed by atoms with van der Waals surface area (Å²) >= 11 is 0. The van der Waals surface area contributed by atoms with Crippen molar-refractivity contribution in [1.29, 1.82) is 0 Å². The first-order valence-electron chi connectivity index (χ1n) is 9.34. The number of unbranched alkanes of at least 4 members (excludes halogenated alkanes) is 2. The number of phosphoric ester groups is 1. The molecule has 1 heterocycles. The molecule has 2 rings (SSSR count). The lowest BCUT2D eigenvalue weighted by Gasteiger charge is -2.23. The molecule has 150 valence electrons. The number of nitrogens with two attached hydrogens (primary N) is 1. The molecule has 1 aromatic carbocycles. The lowest BCUT2D eigenvalue weighted by molar-refractivity contribution is 0.153. The third kappa shape index (κ3) is 9.36. The summed E-state index contributed by atoms with van der Waals surface area (Å²) in [5.41, 5.74) is 6.58. The van der Waals surface area contributed by atoms with Crippen LogP contribution in [-0.2, 0) is 28.4 Å². The van der Waals surface area contributed by atoms with Crippen molar-refractivity contribution in [1.82, 2.24) is 0 Å². The monoisotopic (exact) mass is 395 g/mol. The Balaban J connectivity index is 1.64. The van der Waals surface area contributed by atoms with Gasteiger partial charge in [0.15, 0.2) is 0 Å². The second kappa shape index (κ2) is 10.2. The highest BCUT2D eigenvalue weighted by molar-refractivity contribution is 7.46. The number of hydrogen-bond acceptors (Lipinski definition) is 4. The van der Waals surface area contributed by atoms with Crippen molar-refractivity contribution in [2.24, 2.45) is 5.73 Å². The van der Waals surface area contributed by atoms with Crippen LogP contribution in [0.2, 0.25) is 0 Å². The zero-order chi connectivity index (χ0) is 19.8. The maximum absolute atomic E-state index is 10.8. The van der Waals surface area contributed by atoms with Crippen LogP contribution < -0.4 is 5.73 Å². The molecular weight excluding hydrogens is 365 g/mol. The number of hydrogen-bond donors (Lipinski definition) is 3. The zero-order valence-corrected chi connectivity index (χ0v) is 16.7. The Kier molecular flexibility index (Phi) is 8.27. The molecule has 1 unspecified atom stereocenters. The molecule has 0 saturated carbocycles. The molecular formula is C20H30NO5P. The second-order valence-electron chi connectivity index (χ2n) is 7.33. The molecule has 1 atom stereocenters. The molecule has 0 amide bonds. The molecule has 2 aromatic rings. The second-order valence-corrected chi connectivity index (χ2v) is 8.57. The summed E-state index contributed by atoms with van der Waals surface area (Å²) in [6, 6.07) is 14.4. The molecule has 1 aromatic heterocycles. The summed E-state index contributed by atoms with van der Waals surface area (Å²) in [5.74, 6) is 1.80. The first-order valence-corrected chi connectivity index (χ1v) is 10.9. The molecule has 6 nitrogen and oxygen atoms in total. The first kappa shape index (κ1) is 21.9. The van der Waals surface area contributed by atoms with E-state index in [0.717, 1.165) is 37.2 Å². The number of rotatable bonds is 12. The number of phosphoric acid groups is 1. The van der Waals surface area contributed by atoms with E-state index in [0.29, 0.717) is 12.8 Å². The van der Waals surface area contributed by atoms with Gasteiger partial charge in [-0.2, -0.15) is 0 Å². The van der Waals surface area contributed by atoms with E-state index in [1.54, 1.807) is 6.92 Å². The van der Waals surface area contributed by atoms with Crippen molar-refractivity contribution in [3.63, 3.8) is 0 Å². The van der Waals surface area contributed by atoms with Crippen LogP contribution >= 0.6 is 7.82 Å². The summed E-state index contributed by atoms with van der Waals surface area (Å²) in [6.45, 7) is 1.51. The normalized spacial score (nSPS) is 14.2. The average Bonchev–Trinajstić information content (AvgIpc) is 3.07. The standard InChI is InChI=1S/C20H30NO5P/c1-20(21,16-25-27(22,23)24)15-14-19-13-12-18(26-19)11-7-3-6-10-17-8-4-2-5-9-17/h2,4-5,8-9,12-13H,3,6-7,10-11,14-16,21H2,1H3,(H2,22,23,24). The lowest BCUT2D eigenvalue weighted by atomic mass is 9.98. The van der Waals surface area contributed by atoms with Crippen LogP contribution in [0.3, 0.4) is 0 Å². The van der Waals surface area contributed by atoms with Gasteiger partial charge in [0, 0.05) is 18.4 Å². The Bertz CT molecular complexity index is 723. The maximum Gasteiger partial charge on any atom is 0.469 e. The van der Waals surface area contributed by atoms with Crippen LogP contribution in [0.25, 0.3) is 0 Å². The van der Waals surface area contributed by atoms with E-state index < -0.39 is 13.4 Å². The van der Waals surface area contributed by atoms with Gasteiger partial charge in [-0.15, -0.1) is 0 Å². The smallest absolute Gasteiger partial charge is 0.466 e. The van der Waals surface area contributed by atoms with Crippen LogP contribution in [0.4, 0.5) is 0 Å². The largest absolute Gasteiger partial charge is 0.469 e. The molecule has 7 heteroatoms. The van der Waals surface area contributed by atoms with Crippen LogP contribution in [0.15, 0.2) is 46.9 Å².